The number of aldehydes is 1. The van der Waals surface area contributed by atoms with Gasteiger partial charge in [-0.25, -0.2) is 0 Å². The highest BCUT2D eigenvalue weighted by Crippen LogP contribution is 1.96. The van der Waals surface area contributed by atoms with E-state index in [1.54, 1.807) is 0 Å². The van der Waals surface area contributed by atoms with E-state index in [-0.39, 0.29) is 18.4 Å². The highest BCUT2D eigenvalue weighted by molar-refractivity contribution is 5.83. The molecule has 0 spiro atoms. The molecule has 1 atom stereocenters. The van der Waals surface area contributed by atoms with Crippen molar-refractivity contribution < 1.29 is 9.59 Å². The van der Waals surface area contributed by atoms with Crippen LogP contribution in [0.25, 0.3) is 0 Å². The standard InChI is InChI=1S/C7H14N2O2/c1-5(2)6(8)7(11)9-3-4-10/h4-6H,3,8H2,1-2H3,(H,9,11). The lowest BCUT2D eigenvalue weighted by molar-refractivity contribution is -0.124. The Bertz CT molecular complexity index is 145. The average Bonchev–Trinajstić information content (AvgIpc) is 1.98. The number of amides is 1. The fraction of sp³-hybridized carbons (Fsp3) is 0.714. The van der Waals surface area contributed by atoms with Crippen molar-refractivity contribution in [3.8, 4) is 0 Å². The molecule has 0 aromatic carbocycles. The summed E-state index contributed by atoms with van der Waals surface area (Å²) >= 11 is 0. The van der Waals surface area contributed by atoms with Crippen molar-refractivity contribution in [1.82, 2.24) is 5.32 Å². The van der Waals surface area contributed by atoms with Crippen molar-refractivity contribution in [2.45, 2.75) is 19.9 Å². The Labute approximate surface area is 66.1 Å². The quantitative estimate of drug-likeness (QED) is 0.530. The van der Waals surface area contributed by atoms with E-state index in [1.165, 1.54) is 0 Å². The van der Waals surface area contributed by atoms with Crippen LogP contribution in [0, 0.1) is 5.92 Å². The van der Waals surface area contributed by atoms with Crippen molar-refractivity contribution in [1.29, 1.82) is 0 Å². The zero-order valence-electron chi connectivity index (χ0n) is 6.83. The number of carbonyl (C=O) groups excluding carboxylic acids is 2. The van der Waals surface area contributed by atoms with Gasteiger partial charge in [0.15, 0.2) is 0 Å². The van der Waals surface area contributed by atoms with Crippen LogP contribution >= 0.6 is 0 Å². The number of hydrogen-bond acceptors (Lipinski definition) is 3. The summed E-state index contributed by atoms with van der Waals surface area (Å²) in [4.78, 5) is 20.8. The van der Waals surface area contributed by atoms with E-state index in [2.05, 4.69) is 5.32 Å². The van der Waals surface area contributed by atoms with Crippen LogP contribution in [-0.2, 0) is 9.59 Å². The molecule has 0 radical (unpaired) electrons. The van der Waals surface area contributed by atoms with Gasteiger partial charge in [-0.2, -0.15) is 0 Å². The van der Waals surface area contributed by atoms with E-state index in [0.29, 0.717) is 6.29 Å². The lowest BCUT2D eigenvalue weighted by Crippen LogP contribution is -2.44. The minimum atomic E-state index is -0.519. The van der Waals surface area contributed by atoms with Gasteiger partial charge < -0.3 is 15.8 Å². The first-order valence-electron chi connectivity index (χ1n) is 3.56. The summed E-state index contributed by atoms with van der Waals surface area (Å²) < 4.78 is 0. The molecule has 0 aliphatic carbocycles. The number of rotatable bonds is 4. The molecular weight excluding hydrogens is 144 g/mol. The molecule has 0 saturated carbocycles. The molecule has 1 amide bonds. The van der Waals surface area contributed by atoms with Crippen LogP contribution < -0.4 is 11.1 Å². The van der Waals surface area contributed by atoms with Crippen LogP contribution in [0.5, 0.6) is 0 Å². The highest BCUT2D eigenvalue weighted by atomic mass is 16.2. The smallest absolute Gasteiger partial charge is 0.237 e. The van der Waals surface area contributed by atoms with Crippen LogP contribution in [0.1, 0.15) is 13.8 Å². The van der Waals surface area contributed by atoms with Gasteiger partial charge in [-0.05, 0) is 5.92 Å². The second kappa shape index (κ2) is 4.85. The molecular formula is C7H14N2O2. The topological polar surface area (TPSA) is 72.2 Å². The summed E-state index contributed by atoms with van der Waals surface area (Å²) in [5, 5.41) is 2.38. The molecule has 0 saturated heterocycles. The number of nitrogens with two attached hydrogens (primary N) is 1. The Kier molecular flexibility index (Phi) is 4.45. The van der Waals surface area contributed by atoms with Gasteiger partial charge in [0, 0.05) is 0 Å². The van der Waals surface area contributed by atoms with Gasteiger partial charge >= 0.3 is 0 Å². The number of carbonyl (C=O) groups is 2. The van der Waals surface area contributed by atoms with Crippen LogP contribution in [0.4, 0.5) is 0 Å². The van der Waals surface area contributed by atoms with Gasteiger partial charge in [-0.15, -0.1) is 0 Å². The lowest BCUT2D eigenvalue weighted by Gasteiger charge is -2.13. The largest absolute Gasteiger partial charge is 0.348 e. The molecule has 3 N–H and O–H groups in total. The van der Waals surface area contributed by atoms with E-state index < -0.39 is 6.04 Å². The first kappa shape index (κ1) is 10.1. The van der Waals surface area contributed by atoms with Crippen molar-refractivity contribution in [2.75, 3.05) is 6.54 Å². The molecule has 64 valence electrons. The maximum Gasteiger partial charge on any atom is 0.237 e. The third-order valence-electron chi connectivity index (χ3n) is 1.38. The molecule has 4 heteroatoms. The Balaban J connectivity index is 3.73. The molecule has 4 nitrogen and oxygen atoms in total. The molecule has 0 aliphatic rings. The minimum Gasteiger partial charge on any atom is -0.348 e. The van der Waals surface area contributed by atoms with Gasteiger partial charge in [0.1, 0.15) is 6.29 Å². The van der Waals surface area contributed by atoms with Crippen molar-refractivity contribution in [3.63, 3.8) is 0 Å². The van der Waals surface area contributed by atoms with Crippen molar-refractivity contribution in [2.24, 2.45) is 11.7 Å². The SMILES string of the molecule is CC(C)C(N)C(=O)NCC=O. The number of hydrogen-bond donors (Lipinski definition) is 2. The predicted octanol–water partition coefficient (Wildman–Crippen LogP) is -0.715. The monoisotopic (exact) mass is 158 g/mol. The summed E-state index contributed by atoms with van der Waals surface area (Å²) in [7, 11) is 0. The molecule has 0 aromatic rings. The fourth-order valence-corrected chi connectivity index (χ4v) is 0.563. The normalized spacial score (nSPS) is 12.7. The molecule has 0 aromatic heterocycles. The maximum atomic E-state index is 10.9. The minimum absolute atomic E-state index is 0.0409. The molecule has 1 unspecified atom stereocenters. The van der Waals surface area contributed by atoms with E-state index in [1.807, 2.05) is 13.8 Å². The molecule has 11 heavy (non-hydrogen) atoms. The second-order valence-electron chi connectivity index (χ2n) is 2.68. The van der Waals surface area contributed by atoms with Crippen LogP contribution in [0.3, 0.4) is 0 Å². The third kappa shape index (κ3) is 3.72. The van der Waals surface area contributed by atoms with E-state index in [0.717, 1.165) is 0 Å². The van der Waals surface area contributed by atoms with Gasteiger partial charge in [0.05, 0.1) is 12.6 Å². The zero-order chi connectivity index (χ0) is 8.85. The number of nitrogens with one attached hydrogen (secondary N) is 1. The van der Waals surface area contributed by atoms with Crippen molar-refractivity contribution in [3.05, 3.63) is 0 Å². The molecule has 0 heterocycles. The Morgan fingerprint density at radius 3 is 2.55 bits per heavy atom. The van der Waals surface area contributed by atoms with Gasteiger partial charge in [-0.1, -0.05) is 13.8 Å². The molecule has 0 bridgehead atoms. The van der Waals surface area contributed by atoms with E-state index in [9.17, 15) is 9.59 Å². The van der Waals surface area contributed by atoms with Crippen LogP contribution in [0.15, 0.2) is 0 Å². The summed E-state index contributed by atoms with van der Waals surface area (Å²) in [6, 6.07) is -0.519. The van der Waals surface area contributed by atoms with Gasteiger partial charge in [0.2, 0.25) is 5.91 Å². The summed E-state index contributed by atoms with van der Waals surface area (Å²) in [6.45, 7) is 3.75. The fourth-order valence-electron chi connectivity index (χ4n) is 0.563. The predicted molar refractivity (Wildman–Crippen MR) is 41.9 cm³/mol. The zero-order valence-corrected chi connectivity index (χ0v) is 6.83. The van der Waals surface area contributed by atoms with E-state index >= 15 is 0 Å². The first-order valence-corrected chi connectivity index (χ1v) is 3.56. The Hall–Kier alpha value is -0.900. The second-order valence-corrected chi connectivity index (χ2v) is 2.68. The van der Waals surface area contributed by atoms with Crippen LogP contribution in [0.2, 0.25) is 0 Å². The van der Waals surface area contributed by atoms with E-state index in [4.69, 9.17) is 5.73 Å². The summed E-state index contributed by atoms with van der Waals surface area (Å²) in [6.07, 6.45) is 0.630. The summed E-state index contributed by atoms with van der Waals surface area (Å²) in [5.41, 5.74) is 5.47. The van der Waals surface area contributed by atoms with Gasteiger partial charge in [-0.3, -0.25) is 4.79 Å². The Morgan fingerprint density at radius 2 is 2.18 bits per heavy atom. The molecule has 0 aliphatic heterocycles. The van der Waals surface area contributed by atoms with Crippen molar-refractivity contribution >= 4 is 12.2 Å². The Morgan fingerprint density at radius 1 is 1.64 bits per heavy atom. The molecule has 0 fully saturated rings. The van der Waals surface area contributed by atoms with Crippen LogP contribution in [-0.4, -0.2) is 24.8 Å². The average molecular weight is 158 g/mol. The molecule has 0 rings (SSSR count). The maximum absolute atomic E-state index is 10.9. The van der Waals surface area contributed by atoms with Gasteiger partial charge in [0.25, 0.3) is 0 Å². The third-order valence-corrected chi connectivity index (χ3v) is 1.38. The summed E-state index contributed by atoms with van der Waals surface area (Å²) in [5.74, 6) is -0.172. The lowest BCUT2D eigenvalue weighted by atomic mass is 10.1. The highest BCUT2D eigenvalue weighted by Gasteiger charge is 2.15. The first-order chi connectivity index (χ1) is 5.09.